The fourth-order valence-electron chi connectivity index (χ4n) is 21.7. The van der Waals surface area contributed by atoms with Crippen molar-refractivity contribution in [3.8, 4) is 0 Å². The van der Waals surface area contributed by atoms with Crippen LogP contribution in [0.25, 0.3) is 0 Å². The summed E-state index contributed by atoms with van der Waals surface area (Å²) in [6.07, 6.45) is -60.0. The molecule has 0 aromatic rings. The highest BCUT2D eigenvalue weighted by atomic mass is 16.8. The maximum atomic E-state index is 14.4. The average molecular weight is 1550 g/mol. The Morgan fingerprint density at radius 3 is 1.51 bits per heavy atom. The zero-order chi connectivity index (χ0) is 77.6. The molecule has 1 spiro atoms. The van der Waals surface area contributed by atoms with E-state index in [1.807, 2.05) is 6.92 Å². The van der Waals surface area contributed by atoms with Gasteiger partial charge < -0.3 is 178 Å². The Morgan fingerprint density at radius 2 is 0.907 bits per heavy atom. The Bertz CT molecular complexity index is 3040. The highest BCUT2D eigenvalue weighted by Gasteiger charge is 2.83. The minimum absolute atomic E-state index is 0.0521. The van der Waals surface area contributed by atoms with Gasteiger partial charge in [-0.25, -0.2) is 0 Å². The second-order valence-electron chi connectivity index (χ2n) is 34.3. The van der Waals surface area contributed by atoms with Crippen molar-refractivity contribution in [2.24, 2.45) is 50.2 Å². The standard InChI is InChI=1S/C70H114O37/c1-25-37(78)43(84)47(88)57(95-25)102-51-30(21-74)99-60(50(91)53(51)104-58-48(89)44(85)39(80)27(18-71)96-58)103-52-41(82)29(20-73)98-62(55(52)106-56-46(87)38(79)26(76)22-93-56)100-31-23-94-61(54(42(31)83)105-59-49(90)45(86)40(81)28(19-72)97-59)101-36-10-11-66(5)32(64(36,2)3)8-12-67(6)33(66)9-13-70-34-16-65(4,24-75)14-15-69(34,63(92)107-70)35(77)17-68(67,70)7/h25-62,71-91H,8-24H2,1-7H3/t25-,26+,27+,28+,29+,30+,31-,32-,33+,34+,35+,36-,37-,38-,39+,40+,41+,42-,43+,44-,45-,46+,47+,48+,49+,50+,51+,52-,53+,54+,55+,56-,57-,58-,59-,60-,61-,62-,65-,66-,67+,68-,69+,70-/m0/s1. The fourth-order valence-corrected chi connectivity index (χ4v) is 21.7. The van der Waals surface area contributed by atoms with Gasteiger partial charge in [0.05, 0.1) is 58.0 Å². The molecule has 0 aromatic carbocycles. The van der Waals surface area contributed by atoms with E-state index in [1.54, 1.807) is 0 Å². The van der Waals surface area contributed by atoms with Gasteiger partial charge in [-0.1, -0.05) is 41.5 Å². The first kappa shape index (κ1) is 83.0. The first-order valence-electron chi connectivity index (χ1n) is 37.7. The number of ether oxygens (including phenoxy) is 15. The zero-order valence-electron chi connectivity index (χ0n) is 60.9. The van der Waals surface area contributed by atoms with Crippen LogP contribution in [0.1, 0.15) is 113 Å². The molecule has 0 radical (unpaired) electrons. The van der Waals surface area contributed by atoms with E-state index >= 15 is 0 Å². The largest absolute Gasteiger partial charge is 0.458 e. The maximum Gasteiger partial charge on any atom is 0.315 e. The molecule has 37 nitrogen and oxygen atoms in total. The van der Waals surface area contributed by atoms with E-state index in [1.165, 1.54) is 6.92 Å². The predicted octanol–water partition coefficient (Wildman–Crippen LogP) is -8.07. The summed E-state index contributed by atoms with van der Waals surface area (Å²) in [5.41, 5.74) is -4.62. The fraction of sp³-hybridized carbons (Fsp3) is 0.986. The van der Waals surface area contributed by atoms with Crippen molar-refractivity contribution in [3.63, 3.8) is 0 Å². The SMILES string of the molecule is C[C@@H]1O[C@@H](O[C@H]2[C@H](O[C@@H]3O[C@H](CO)[C@@H](O)[C@H](O)[C@H]3O)[C@@H](O)[C@H](O[C@H]3[C@H](O)[C@@H](CO)O[C@@H](O[C@H]4CO[C@@H](O[C@H]5CC[C@]6(C)[C@H]7CC[C@]89OC(=O)[C@@]%10(CC[C@](C)(CO)C[C@H]%108)[C@H](O)C[C@@]9(C)[C@]7(C)CC[C@H]6C5(C)C)[C@H](O[C@@H]5O[C@H](CO)[C@@H](O)[C@H](O)[C@H]5O)[C@H]4O)[C@@H]3O[C@@H]3OC[C@@H](O)[C@H](O)[C@H]3O)O[C@@H]2CO)[C@H](O)[C@H](O)[C@H]1O. The molecule has 5 saturated carbocycles. The number of carbonyl (C=O) groups excluding carboxylic acids is 1. The summed E-state index contributed by atoms with van der Waals surface area (Å²) in [5, 5.41) is 235. The van der Waals surface area contributed by atoms with Crippen LogP contribution in [-0.4, -0.2) is 380 Å². The first-order valence-corrected chi connectivity index (χ1v) is 37.7. The molecule has 8 aliphatic heterocycles. The molecule has 21 N–H and O–H groups in total. The Hall–Kier alpha value is -1.93. The zero-order valence-corrected chi connectivity index (χ0v) is 60.9. The van der Waals surface area contributed by atoms with E-state index in [9.17, 15) is 112 Å². The Morgan fingerprint density at radius 1 is 0.402 bits per heavy atom. The third-order valence-corrected chi connectivity index (χ3v) is 28.3. The van der Waals surface area contributed by atoms with Crippen LogP contribution < -0.4 is 0 Å². The van der Waals surface area contributed by atoms with Gasteiger partial charge in [-0.2, -0.15) is 0 Å². The molecule has 37 heteroatoms. The molecule has 13 fully saturated rings. The molecule has 0 amide bonds. The third-order valence-electron chi connectivity index (χ3n) is 28.3. The van der Waals surface area contributed by atoms with Crippen LogP contribution in [0.3, 0.4) is 0 Å². The van der Waals surface area contributed by atoms with E-state index in [4.69, 9.17) is 71.1 Å². The minimum Gasteiger partial charge on any atom is -0.458 e. The van der Waals surface area contributed by atoms with Crippen molar-refractivity contribution in [1.82, 2.24) is 0 Å². The van der Waals surface area contributed by atoms with Crippen LogP contribution in [-0.2, 0) is 75.8 Å². The number of rotatable bonds is 19. The average Bonchev–Trinajstić information content (AvgIpc) is 1.55. The lowest BCUT2D eigenvalue weighted by atomic mass is 9.30. The highest BCUT2D eigenvalue weighted by molar-refractivity contribution is 5.82. The summed E-state index contributed by atoms with van der Waals surface area (Å²) >= 11 is 0. The smallest absolute Gasteiger partial charge is 0.315 e. The third kappa shape index (κ3) is 13.5. The lowest BCUT2D eigenvalue weighted by Crippen LogP contribution is -2.74. The second kappa shape index (κ2) is 30.9. The van der Waals surface area contributed by atoms with Crippen LogP contribution in [0, 0.1) is 50.2 Å². The molecule has 13 aliphatic rings. The van der Waals surface area contributed by atoms with Gasteiger partial charge in [0.25, 0.3) is 0 Å². The van der Waals surface area contributed by atoms with Gasteiger partial charge in [-0.3, -0.25) is 4.79 Å². The first-order chi connectivity index (χ1) is 50.4. The van der Waals surface area contributed by atoms with E-state index in [0.29, 0.717) is 64.2 Å². The van der Waals surface area contributed by atoms with Gasteiger partial charge in [0.2, 0.25) is 0 Å². The molecule has 616 valence electrons. The Labute approximate surface area is 616 Å². The quantitative estimate of drug-likeness (QED) is 0.0422. The van der Waals surface area contributed by atoms with Gasteiger partial charge in [0, 0.05) is 17.9 Å². The van der Waals surface area contributed by atoms with Crippen molar-refractivity contribution in [1.29, 1.82) is 0 Å². The number of hydrogen-bond donors (Lipinski definition) is 21. The number of esters is 1. The molecular formula is C70H114O37. The van der Waals surface area contributed by atoms with Crippen LogP contribution in [0.4, 0.5) is 0 Å². The summed E-state index contributed by atoms with van der Waals surface area (Å²) < 4.78 is 93.3. The molecule has 44 atom stereocenters. The summed E-state index contributed by atoms with van der Waals surface area (Å²) in [4.78, 5) is 14.4. The van der Waals surface area contributed by atoms with E-state index in [2.05, 4.69) is 34.6 Å². The van der Waals surface area contributed by atoms with Crippen LogP contribution in [0.15, 0.2) is 0 Å². The lowest BCUT2D eigenvalue weighted by Gasteiger charge is -2.74. The van der Waals surface area contributed by atoms with Gasteiger partial charge >= 0.3 is 5.97 Å². The monoisotopic (exact) mass is 1550 g/mol. The summed E-state index contributed by atoms with van der Waals surface area (Å²) in [6, 6.07) is 0. The normalized spacial score (nSPS) is 56.9. The van der Waals surface area contributed by atoms with E-state index in [-0.39, 0.29) is 35.7 Å². The van der Waals surface area contributed by atoms with Gasteiger partial charge in [0.1, 0.15) is 164 Å². The summed E-state index contributed by atoms with van der Waals surface area (Å²) in [6.45, 7) is 8.87. The molecule has 5 aliphatic carbocycles. The molecular weight excluding hydrogens is 1430 g/mol. The number of hydrogen-bond acceptors (Lipinski definition) is 37. The number of carbonyl (C=O) groups is 1. The molecule has 2 bridgehead atoms. The van der Waals surface area contributed by atoms with Crippen molar-refractivity contribution < 1.29 is 183 Å². The molecule has 107 heavy (non-hydrogen) atoms. The van der Waals surface area contributed by atoms with E-state index in [0.717, 1.165) is 0 Å². The predicted molar refractivity (Wildman–Crippen MR) is 348 cm³/mol. The summed E-state index contributed by atoms with van der Waals surface area (Å²) in [5.74, 6) is -0.660. The van der Waals surface area contributed by atoms with Crippen molar-refractivity contribution >= 4 is 5.97 Å². The molecule has 13 rings (SSSR count). The second-order valence-corrected chi connectivity index (χ2v) is 34.3. The molecule has 0 aromatic heterocycles. The van der Waals surface area contributed by atoms with Crippen LogP contribution >= 0.6 is 0 Å². The van der Waals surface area contributed by atoms with Crippen LogP contribution in [0.2, 0.25) is 0 Å². The summed E-state index contributed by atoms with van der Waals surface area (Å²) in [7, 11) is 0. The van der Waals surface area contributed by atoms with Gasteiger partial charge in [-0.05, 0) is 105 Å². The Kier molecular flexibility index (Phi) is 24.0. The minimum atomic E-state index is -2.37. The number of fused-ring (bicyclic) bond motifs is 4. The molecule has 8 saturated heterocycles. The van der Waals surface area contributed by atoms with Gasteiger partial charge in [0.15, 0.2) is 44.0 Å². The van der Waals surface area contributed by atoms with E-state index < -0.39 is 287 Å². The highest BCUT2D eigenvalue weighted by Crippen LogP contribution is 2.81. The molecule has 0 unspecified atom stereocenters. The van der Waals surface area contributed by atoms with Crippen molar-refractivity contribution in [2.75, 3.05) is 46.2 Å². The molecule has 8 heterocycles. The number of aliphatic hydroxyl groups is 21. The van der Waals surface area contributed by atoms with Gasteiger partial charge in [-0.15, -0.1) is 0 Å². The Balaban J connectivity index is 0.792. The number of aliphatic hydroxyl groups excluding tert-OH is 21. The van der Waals surface area contributed by atoms with Crippen molar-refractivity contribution in [2.45, 2.75) is 333 Å². The van der Waals surface area contributed by atoms with Crippen LogP contribution in [0.5, 0.6) is 0 Å². The topological polar surface area (TPSA) is 580 Å². The van der Waals surface area contributed by atoms with Crippen molar-refractivity contribution in [3.05, 3.63) is 0 Å². The maximum absolute atomic E-state index is 14.4. The lowest BCUT2D eigenvalue weighted by molar-refractivity contribution is -0.414.